The standard InChI is InChI=1S/C13H15ClN2O/c1-8(2)12-9(3)15-16(13(12)17)11-6-4-10(14)5-7-11/h4-8,12H,1-3H3. The number of hydrogen-bond acceptors (Lipinski definition) is 2. The number of carbonyl (C=O) groups is 1. The number of benzene rings is 1. The van der Waals surface area contributed by atoms with Crippen LogP contribution in [0.5, 0.6) is 0 Å². The van der Waals surface area contributed by atoms with E-state index in [0.29, 0.717) is 5.02 Å². The maximum absolute atomic E-state index is 12.2. The largest absolute Gasteiger partial charge is 0.272 e. The molecule has 0 spiro atoms. The van der Waals surface area contributed by atoms with Crippen LogP contribution >= 0.6 is 11.6 Å². The van der Waals surface area contributed by atoms with E-state index in [9.17, 15) is 4.79 Å². The number of anilines is 1. The van der Waals surface area contributed by atoms with Crippen molar-refractivity contribution in [2.24, 2.45) is 16.9 Å². The van der Waals surface area contributed by atoms with E-state index in [1.165, 1.54) is 5.01 Å². The molecule has 1 aliphatic heterocycles. The van der Waals surface area contributed by atoms with Crippen LogP contribution in [0.3, 0.4) is 0 Å². The van der Waals surface area contributed by atoms with E-state index in [0.717, 1.165) is 11.4 Å². The Balaban J connectivity index is 2.31. The third-order valence-corrected chi connectivity index (χ3v) is 3.17. The Labute approximate surface area is 106 Å². The van der Waals surface area contributed by atoms with Crippen molar-refractivity contribution in [1.82, 2.24) is 0 Å². The number of halogens is 1. The zero-order valence-electron chi connectivity index (χ0n) is 10.1. The minimum atomic E-state index is -0.106. The summed E-state index contributed by atoms with van der Waals surface area (Å²) in [6.07, 6.45) is 0. The van der Waals surface area contributed by atoms with E-state index in [-0.39, 0.29) is 17.7 Å². The van der Waals surface area contributed by atoms with Crippen LogP contribution in [0.25, 0.3) is 0 Å². The molecule has 1 aromatic rings. The Kier molecular flexibility index (Phi) is 3.20. The zero-order valence-corrected chi connectivity index (χ0v) is 10.9. The Hall–Kier alpha value is -1.35. The maximum atomic E-state index is 12.2. The molecule has 1 aromatic carbocycles. The summed E-state index contributed by atoms with van der Waals surface area (Å²) >= 11 is 5.82. The molecule has 1 aliphatic rings. The summed E-state index contributed by atoms with van der Waals surface area (Å²) < 4.78 is 0. The van der Waals surface area contributed by atoms with Crippen LogP contribution in [0.15, 0.2) is 29.4 Å². The number of carbonyl (C=O) groups excluding carboxylic acids is 1. The average Bonchev–Trinajstić information content (AvgIpc) is 2.55. The fourth-order valence-corrected chi connectivity index (χ4v) is 2.24. The fourth-order valence-electron chi connectivity index (χ4n) is 2.11. The predicted molar refractivity (Wildman–Crippen MR) is 70.4 cm³/mol. The summed E-state index contributed by atoms with van der Waals surface area (Å²) in [5.41, 5.74) is 1.64. The summed E-state index contributed by atoms with van der Waals surface area (Å²) in [4.78, 5) is 12.2. The topological polar surface area (TPSA) is 32.7 Å². The summed E-state index contributed by atoms with van der Waals surface area (Å²) in [6.45, 7) is 5.97. The van der Waals surface area contributed by atoms with Gasteiger partial charge in [0, 0.05) is 10.7 Å². The number of hydrogen-bond donors (Lipinski definition) is 0. The van der Waals surface area contributed by atoms with Gasteiger partial charge in [-0.25, -0.2) is 5.01 Å². The highest BCUT2D eigenvalue weighted by molar-refractivity contribution is 6.30. The van der Waals surface area contributed by atoms with Crippen molar-refractivity contribution in [2.75, 3.05) is 5.01 Å². The number of hydrazone groups is 1. The van der Waals surface area contributed by atoms with Crippen molar-refractivity contribution in [1.29, 1.82) is 0 Å². The summed E-state index contributed by atoms with van der Waals surface area (Å²) in [5.74, 6) is 0.203. The van der Waals surface area contributed by atoms with Crippen LogP contribution in [0, 0.1) is 11.8 Å². The van der Waals surface area contributed by atoms with Crippen molar-refractivity contribution in [3.8, 4) is 0 Å². The van der Waals surface area contributed by atoms with Crippen molar-refractivity contribution < 1.29 is 4.79 Å². The molecule has 1 amide bonds. The zero-order chi connectivity index (χ0) is 12.6. The van der Waals surface area contributed by atoms with E-state index in [2.05, 4.69) is 5.10 Å². The van der Waals surface area contributed by atoms with Crippen LogP contribution in [0.1, 0.15) is 20.8 Å². The first-order chi connectivity index (χ1) is 8.00. The fraction of sp³-hybridized carbons (Fsp3) is 0.385. The van der Waals surface area contributed by atoms with E-state index in [1.807, 2.05) is 20.8 Å². The van der Waals surface area contributed by atoms with Crippen LogP contribution < -0.4 is 5.01 Å². The number of rotatable bonds is 2. The molecular weight excluding hydrogens is 236 g/mol. The van der Waals surface area contributed by atoms with Crippen molar-refractivity contribution >= 4 is 28.9 Å². The molecule has 17 heavy (non-hydrogen) atoms. The van der Waals surface area contributed by atoms with Gasteiger partial charge in [0.05, 0.1) is 11.6 Å². The molecule has 1 heterocycles. The Morgan fingerprint density at radius 3 is 2.35 bits per heavy atom. The van der Waals surface area contributed by atoms with Gasteiger partial charge in [0.1, 0.15) is 0 Å². The molecule has 2 rings (SSSR count). The lowest BCUT2D eigenvalue weighted by Gasteiger charge is -2.16. The molecule has 0 bridgehead atoms. The predicted octanol–water partition coefficient (Wildman–Crippen LogP) is 3.33. The molecular formula is C13H15ClN2O. The van der Waals surface area contributed by atoms with E-state index < -0.39 is 0 Å². The second-order valence-electron chi connectivity index (χ2n) is 4.59. The highest BCUT2D eigenvalue weighted by Gasteiger charge is 2.36. The molecule has 1 unspecified atom stereocenters. The highest BCUT2D eigenvalue weighted by Crippen LogP contribution is 2.28. The lowest BCUT2D eigenvalue weighted by molar-refractivity contribution is -0.120. The molecule has 0 fully saturated rings. The van der Waals surface area contributed by atoms with Gasteiger partial charge in [-0.1, -0.05) is 25.4 Å². The van der Waals surface area contributed by atoms with Crippen LogP contribution in [-0.4, -0.2) is 11.6 Å². The van der Waals surface area contributed by atoms with Gasteiger partial charge < -0.3 is 0 Å². The second-order valence-corrected chi connectivity index (χ2v) is 5.03. The molecule has 0 N–H and O–H groups in total. The van der Waals surface area contributed by atoms with Gasteiger partial charge in [0.15, 0.2) is 0 Å². The van der Waals surface area contributed by atoms with Crippen molar-refractivity contribution in [3.05, 3.63) is 29.3 Å². The smallest absolute Gasteiger partial charge is 0.256 e. The molecule has 0 radical (unpaired) electrons. The molecule has 0 saturated heterocycles. The van der Waals surface area contributed by atoms with E-state index >= 15 is 0 Å². The molecule has 1 atom stereocenters. The monoisotopic (exact) mass is 250 g/mol. The van der Waals surface area contributed by atoms with Gasteiger partial charge in [0.2, 0.25) is 0 Å². The third kappa shape index (κ3) is 2.20. The maximum Gasteiger partial charge on any atom is 0.256 e. The summed E-state index contributed by atoms with van der Waals surface area (Å²) in [7, 11) is 0. The molecule has 0 aliphatic carbocycles. The minimum absolute atomic E-state index is 0.0415. The van der Waals surface area contributed by atoms with Gasteiger partial charge in [0.25, 0.3) is 5.91 Å². The first-order valence-electron chi connectivity index (χ1n) is 5.65. The van der Waals surface area contributed by atoms with Crippen molar-refractivity contribution in [3.63, 3.8) is 0 Å². The van der Waals surface area contributed by atoms with Crippen LogP contribution in [0.4, 0.5) is 5.69 Å². The first-order valence-corrected chi connectivity index (χ1v) is 6.03. The quantitative estimate of drug-likeness (QED) is 0.792. The van der Waals surface area contributed by atoms with Gasteiger partial charge in [-0.2, -0.15) is 5.10 Å². The van der Waals surface area contributed by atoms with Crippen molar-refractivity contribution in [2.45, 2.75) is 20.8 Å². The molecule has 0 saturated carbocycles. The van der Waals surface area contributed by atoms with E-state index in [1.54, 1.807) is 24.3 Å². The molecule has 90 valence electrons. The SMILES string of the molecule is CC1=NN(c2ccc(Cl)cc2)C(=O)C1C(C)C. The lowest BCUT2D eigenvalue weighted by Crippen LogP contribution is -2.30. The molecule has 3 nitrogen and oxygen atoms in total. The van der Waals surface area contributed by atoms with Gasteiger partial charge >= 0.3 is 0 Å². The molecule has 4 heteroatoms. The molecule has 0 aromatic heterocycles. The second kappa shape index (κ2) is 4.49. The minimum Gasteiger partial charge on any atom is -0.272 e. The van der Waals surface area contributed by atoms with Crippen LogP contribution in [0.2, 0.25) is 5.02 Å². The van der Waals surface area contributed by atoms with Gasteiger partial charge in [-0.3, -0.25) is 4.79 Å². The third-order valence-electron chi connectivity index (χ3n) is 2.92. The Morgan fingerprint density at radius 2 is 1.88 bits per heavy atom. The normalized spacial score (nSPS) is 20.1. The lowest BCUT2D eigenvalue weighted by atomic mass is 9.92. The first kappa shape index (κ1) is 12.1. The van der Waals surface area contributed by atoms with Gasteiger partial charge in [-0.15, -0.1) is 0 Å². The summed E-state index contributed by atoms with van der Waals surface area (Å²) in [6, 6.07) is 7.13. The average molecular weight is 251 g/mol. The van der Waals surface area contributed by atoms with Crippen LogP contribution in [-0.2, 0) is 4.79 Å². The highest BCUT2D eigenvalue weighted by atomic mass is 35.5. The number of nitrogens with zero attached hydrogens (tertiary/aromatic N) is 2. The van der Waals surface area contributed by atoms with E-state index in [4.69, 9.17) is 11.6 Å². The number of amides is 1. The Bertz CT molecular complexity index is 465. The Morgan fingerprint density at radius 1 is 1.29 bits per heavy atom. The summed E-state index contributed by atoms with van der Waals surface area (Å²) in [5, 5.41) is 6.45. The van der Waals surface area contributed by atoms with Gasteiger partial charge in [-0.05, 0) is 37.1 Å².